The molecule has 1 aromatic rings. The molecule has 0 aliphatic rings. The summed E-state index contributed by atoms with van der Waals surface area (Å²) in [6.45, 7) is 0. The molecule has 1 aromatic carbocycles. The van der Waals surface area contributed by atoms with Crippen molar-refractivity contribution < 1.29 is 17.9 Å². The molecular formula is C9H6F3NO. The quantitative estimate of drug-likeness (QED) is 0.699. The van der Waals surface area contributed by atoms with E-state index >= 15 is 0 Å². The molecule has 0 radical (unpaired) electrons. The highest BCUT2D eigenvalue weighted by Crippen LogP contribution is 2.36. The van der Waals surface area contributed by atoms with Gasteiger partial charge in [0, 0.05) is 0 Å². The van der Waals surface area contributed by atoms with Crippen molar-refractivity contribution >= 4 is 0 Å². The monoisotopic (exact) mass is 201 g/mol. The first-order chi connectivity index (χ1) is 6.49. The van der Waals surface area contributed by atoms with Crippen LogP contribution in [0.15, 0.2) is 18.2 Å². The molecule has 0 fully saturated rings. The number of hydrogen-bond donors (Lipinski definition) is 0. The zero-order valence-electron chi connectivity index (χ0n) is 7.22. The van der Waals surface area contributed by atoms with Crippen LogP contribution in [0.1, 0.15) is 11.1 Å². The van der Waals surface area contributed by atoms with Crippen molar-refractivity contribution in [1.29, 1.82) is 5.26 Å². The second-order valence-corrected chi connectivity index (χ2v) is 2.52. The molecule has 0 spiro atoms. The minimum Gasteiger partial charge on any atom is -0.496 e. The Morgan fingerprint density at radius 1 is 1.36 bits per heavy atom. The lowest BCUT2D eigenvalue weighted by molar-refractivity contribution is -0.138. The molecule has 0 saturated carbocycles. The number of methoxy groups -OCH3 is 1. The summed E-state index contributed by atoms with van der Waals surface area (Å²) in [6.07, 6.45) is -4.46. The van der Waals surface area contributed by atoms with Crippen molar-refractivity contribution in [3.63, 3.8) is 0 Å². The number of rotatable bonds is 1. The van der Waals surface area contributed by atoms with E-state index in [2.05, 4.69) is 4.74 Å². The topological polar surface area (TPSA) is 33.0 Å². The minimum absolute atomic E-state index is 0.134. The first kappa shape index (κ1) is 10.4. The first-order valence-corrected chi connectivity index (χ1v) is 3.64. The Morgan fingerprint density at radius 3 is 2.43 bits per heavy atom. The van der Waals surface area contributed by atoms with Gasteiger partial charge in [-0.1, -0.05) is 0 Å². The summed E-state index contributed by atoms with van der Waals surface area (Å²) >= 11 is 0. The van der Waals surface area contributed by atoms with E-state index in [1.54, 1.807) is 6.07 Å². The predicted molar refractivity (Wildman–Crippen MR) is 42.7 cm³/mol. The van der Waals surface area contributed by atoms with Crippen LogP contribution < -0.4 is 4.74 Å². The second-order valence-electron chi connectivity index (χ2n) is 2.52. The van der Waals surface area contributed by atoms with Gasteiger partial charge in [0.25, 0.3) is 0 Å². The van der Waals surface area contributed by atoms with Gasteiger partial charge >= 0.3 is 6.18 Å². The lowest BCUT2D eigenvalue weighted by atomic mass is 10.1. The third-order valence-corrected chi connectivity index (χ3v) is 1.64. The summed E-state index contributed by atoms with van der Waals surface area (Å²) in [6, 6.07) is 4.72. The third kappa shape index (κ3) is 1.96. The normalized spacial score (nSPS) is 10.8. The van der Waals surface area contributed by atoms with Gasteiger partial charge in [-0.15, -0.1) is 0 Å². The second kappa shape index (κ2) is 3.58. The van der Waals surface area contributed by atoms with Gasteiger partial charge in [-0.05, 0) is 18.2 Å². The van der Waals surface area contributed by atoms with E-state index in [-0.39, 0.29) is 11.3 Å². The number of nitriles is 1. The molecule has 0 bridgehead atoms. The Morgan fingerprint density at radius 2 is 2.00 bits per heavy atom. The molecule has 0 unspecified atom stereocenters. The maximum atomic E-state index is 12.3. The fraction of sp³-hybridized carbons (Fsp3) is 0.222. The van der Waals surface area contributed by atoms with E-state index in [1.807, 2.05) is 0 Å². The van der Waals surface area contributed by atoms with Crippen molar-refractivity contribution in [3.05, 3.63) is 29.3 Å². The van der Waals surface area contributed by atoms with Gasteiger partial charge in [-0.2, -0.15) is 18.4 Å². The van der Waals surface area contributed by atoms with Crippen LogP contribution in [0, 0.1) is 11.3 Å². The van der Waals surface area contributed by atoms with Gasteiger partial charge in [-0.3, -0.25) is 0 Å². The molecule has 5 heteroatoms. The van der Waals surface area contributed by atoms with Crippen LogP contribution in [-0.4, -0.2) is 7.11 Å². The summed E-state index contributed by atoms with van der Waals surface area (Å²) in [7, 11) is 1.13. The van der Waals surface area contributed by atoms with E-state index < -0.39 is 11.7 Å². The smallest absolute Gasteiger partial charge is 0.419 e. The van der Waals surface area contributed by atoms with Gasteiger partial charge in [-0.25, -0.2) is 0 Å². The summed E-state index contributed by atoms with van der Waals surface area (Å²) in [5.41, 5.74) is -0.742. The number of nitrogens with zero attached hydrogens (tertiary/aromatic N) is 1. The highest BCUT2D eigenvalue weighted by molar-refractivity contribution is 5.43. The van der Waals surface area contributed by atoms with Crippen LogP contribution in [0.3, 0.4) is 0 Å². The van der Waals surface area contributed by atoms with Gasteiger partial charge < -0.3 is 4.74 Å². The molecule has 0 saturated heterocycles. The Balaban J connectivity index is 3.27. The SMILES string of the molecule is COc1cc(C#N)ccc1C(F)(F)F. The summed E-state index contributed by atoms with van der Waals surface area (Å²) in [5, 5.41) is 8.46. The Hall–Kier alpha value is -1.70. The van der Waals surface area contributed by atoms with Crippen molar-refractivity contribution in [2.24, 2.45) is 0 Å². The molecule has 0 amide bonds. The van der Waals surface area contributed by atoms with Crippen LogP contribution in [-0.2, 0) is 6.18 Å². The van der Waals surface area contributed by atoms with Gasteiger partial charge in [0.1, 0.15) is 5.75 Å². The van der Waals surface area contributed by atoms with Gasteiger partial charge in [0.2, 0.25) is 0 Å². The average Bonchev–Trinajstić information content (AvgIpc) is 2.15. The molecule has 0 heterocycles. The Bertz CT molecular complexity index is 379. The molecule has 14 heavy (non-hydrogen) atoms. The number of ether oxygens (including phenoxy) is 1. The third-order valence-electron chi connectivity index (χ3n) is 1.64. The maximum absolute atomic E-state index is 12.3. The standard InChI is InChI=1S/C9H6F3NO/c1-14-8-4-6(5-13)2-3-7(8)9(10,11)12/h2-4H,1H3. The lowest BCUT2D eigenvalue weighted by Crippen LogP contribution is -2.07. The van der Waals surface area contributed by atoms with E-state index in [1.165, 1.54) is 0 Å². The van der Waals surface area contributed by atoms with Crippen molar-refractivity contribution in [2.75, 3.05) is 7.11 Å². The lowest BCUT2D eigenvalue weighted by Gasteiger charge is -2.11. The Kier molecular flexibility index (Phi) is 2.65. The summed E-state index contributed by atoms with van der Waals surface area (Å²) in [5.74, 6) is -0.337. The number of alkyl halides is 3. The number of benzene rings is 1. The van der Waals surface area contributed by atoms with Crippen molar-refractivity contribution in [1.82, 2.24) is 0 Å². The fourth-order valence-corrected chi connectivity index (χ4v) is 0.995. The molecule has 0 N–H and O–H groups in total. The summed E-state index contributed by atoms with van der Waals surface area (Å²) < 4.78 is 41.5. The first-order valence-electron chi connectivity index (χ1n) is 3.64. The van der Waals surface area contributed by atoms with E-state index in [9.17, 15) is 13.2 Å². The van der Waals surface area contributed by atoms with Crippen molar-refractivity contribution in [2.45, 2.75) is 6.18 Å². The van der Waals surface area contributed by atoms with Crippen LogP contribution in [0.25, 0.3) is 0 Å². The van der Waals surface area contributed by atoms with Crippen LogP contribution in [0.2, 0.25) is 0 Å². The van der Waals surface area contributed by atoms with Crippen LogP contribution in [0.5, 0.6) is 5.75 Å². The maximum Gasteiger partial charge on any atom is 0.419 e. The fourth-order valence-electron chi connectivity index (χ4n) is 0.995. The zero-order chi connectivity index (χ0) is 10.8. The molecule has 1 rings (SSSR count). The molecule has 0 aromatic heterocycles. The minimum atomic E-state index is -4.46. The number of halogens is 3. The highest BCUT2D eigenvalue weighted by Gasteiger charge is 2.34. The molecule has 0 aliphatic carbocycles. The van der Waals surface area contributed by atoms with Gasteiger partial charge in [0.15, 0.2) is 0 Å². The van der Waals surface area contributed by atoms with E-state index in [0.717, 1.165) is 25.3 Å². The molecule has 0 atom stereocenters. The zero-order valence-corrected chi connectivity index (χ0v) is 7.22. The molecule has 2 nitrogen and oxygen atoms in total. The Labute approximate surface area is 78.5 Å². The van der Waals surface area contributed by atoms with Crippen LogP contribution >= 0.6 is 0 Å². The van der Waals surface area contributed by atoms with E-state index in [4.69, 9.17) is 5.26 Å². The number of hydrogen-bond acceptors (Lipinski definition) is 2. The van der Waals surface area contributed by atoms with Crippen molar-refractivity contribution in [3.8, 4) is 11.8 Å². The van der Waals surface area contributed by atoms with Gasteiger partial charge in [0.05, 0.1) is 24.3 Å². The van der Waals surface area contributed by atoms with Crippen LogP contribution in [0.4, 0.5) is 13.2 Å². The predicted octanol–water partition coefficient (Wildman–Crippen LogP) is 2.59. The summed E-state index contributed by atoms with van der Waals surface area (Å²) in [4.78, 5) is 0. The largest absolute Gasteiger partial charge is 0.496 e. The molecule has 74 valence electrons. The average molecular weight is 201 g/mol. The molecule has 0 aliphatic heterocycles. The highest BCUT2D eigenvalue weighted by atomic mass is 19.4. The molecular weight excluding hydrogens is 195 g/mol. The van der Waals surface area contributed by atoms with E-state index in [0.29, 0.717) is 0 Å².